The van der Waals surface area contributed by atoms with Gasteiger partial charge in [0.1, 0.15) is 0 Å². The van der Waals surface area contributed by atoms with Gasteiger partial charge >= 0.3 is 5.97 Å². The Morgan fingerprint density at radius 2 is 2.18 bits per heavy atom. The van der Waals surface area contributed by atoms with E-state index in [2.05, 4.69) is 0 Å². The highest BCUT2D eigenvalue weighted by Gasteiger charge is 2.43. The number of carbonyl (C=O) groups is 1. The SMILES string of the molecule is CCOC(=O)C1(O)CC(O)=Cc2ccccc21. The van der Waals surface area contributed by atoms with Gasteiger partial charge in [0.15, 0.2) is 5.60 Å². The number of hydrogen-bond donors (Lipinski definition) is 2. The second kappa shape index (κ2) is 4.22. The van der Waals surface area contributed by atoms with Crippen LogP contribution in [0.5, 0.6) is 0 Å². The number of aliphatic hydroxyl groups is 2. The lowest BCUT2D eigenvalue weighted by molar-refractivity contribution is -0.167. The van der Waals surface area contributed by atoms with Crippen molar-refractivity contribution in [3.63, 3.8) is 0 Å². The molecule has 1 aromatic rings. The maximum absolute atomic E-state index is 11.8. The molecule has 0 radical (unpaired) electrons. The molecule has 0 aliphatic heterocycles. The summed E-state index contributed by atoms with van der Waals surface area (Å²) in [4.78, 5) is 11.8. The van der Waals surface area contributed by atoms with E-state index in [1.807, 2.05) is 0 Å². The summed E-state index contributed by atoms with van der Waals surface area (Å²) >= 11 is 0. The molecule has 0 bridgehead atoms. The topological polar surface area (TPSA) is 66.8 Å². The van der Waals surface area contributed by atoms with Crippen LogP contribution in [0.2, 0.25) is 0 Å². The number of fused-ring (bicyclic) bond motifs is 1. The Morgan fingerprint density at radius 3 is 2.88 bits per heavy atom. The van der Waals surface area contributed by atoms with Crippen molar-refractivity contribution < 1.29 is 19.7 Å². The molecular weight excluding hydrogens is 220 g/mol. The van der Waals surface area contributed by atoms with Crippen molar-refractivity contribution in [2.75, 3.05) is 6.61 Å². The third-order valence-electron chi connectivity index (χ3n) is 2.78. The number of carbonyl (C=O) groups excluding carboxylic acids is 1. The minimum absolute atomic E-state index is 0.0285. The smallest absolute Gasteiger partial charge is 0.343 e. The Hall–Kier alpha value is -1.81. The number of hydrogen-bond acceptors (Lipinski definition) is 4. The van der Waals surface area contributed by atoms with E-state index in [0.717, 1.165) is 0 Å². The van der Waals surface area contributed by atoms with Gasteiger partial charge in [-0.1, -0.05) is 24.3 Å². The molecule has 1 aromatic carbocycles. The third kappa shape index (κ3) is 1.91. The molecule has 2 N–H and O–H groups in total. The summed E-state index contributed by atoms with van der Waals surface area (Å²) in [6, 6.07) is 6.91. The van der Waals surface area contributed by atoms with Gasteiger partial charge in [0.25, 0.3) is 0 Å². The monoisotopic (exact) mass is 234 g/mol. The van der Waals surface area contributed by atoms with Crippen LogP contribution in [-0.2, 0) is 15.1 Å². The molecule has 1 aliphatic rings. The van der Waals surface area contributed by atoms with Crippen LogP contribution < -0.4 is 0 Å². The van der Waals surface area contributed by atoms with Crippen LogP contribution in [0.25, 0.3) is 6.08 Å². The Labute approximate surface area is 99.2 Å². The molecule has 1 aliphatic carbocycles. The van der Waals surface area contributed by atoms with Crippen LogP contribution in [-0.4, -0.2) is 22.8 Å². The average Bonchev–Trinajstić information content (AvgIpc) is 2.29. The second-order valence-corrected chi connectivity index (χ2v) is 3.98. The van der Waals surface area contributed by atoms with Gasteiger partial charge in [-0.15, -0.1) is 0 Å². The number of ether oxygens (including phenoxy) is 1. The Balaban J connectivity index is 2.50. The minimum atomic E-state index is -1.79. The zero-order valence-electron chi connectivity index (χ0n) is 9.51. The fraction of sp³-hybridized carbons (Fsp3) is 0.308. The van der Waals surface area contributed by atoms with Crippen LogP contribution >= 0.6 is 0 Å². The van der Waals surface area contributed by atoms with Crippen LogP contribution in [0.4, 0.5) is 0 Å². The molecule has 0 spiro atoms. The summed E-state index contributed by atoms with van der Waals surface area (Å²) in [5.41, 5.74) is -0.686. The molecule has 0 saturated carbocycles. The van der Waals surface area contributed by atoms with Crippen molar-refractivity contribution in [2.24, 2.45) is 0 Å². The summed E-state index contributed by atoms with van der Waals surface area (Å²) in [6.45, 7) is 1.86. The van der Waals surface area contributed by atoms with Gasteiger partial charge in [-0.25, -0.2) is 4.79 Å². The number of aliphatic hydroxyl groups excluding tert-OH is 1. The quantitative estimate of drug-likeness (QED) is 0.765. The lowest BCUT2D eigenvalue weighted by Gasteiger charge is -2.30. The first kappa shape index (κ1) is 11.7. The van der Waals surface area contributed by atoms with E-state index >= 15 is 0 Å². The lowest BCUT2D eigenvalue weighted by atomic mass is 9.82. The van der Waals surface area contributed by atoms with Crippen molar-refractivity contribution in [3.05, 3.63) is 41.2 Å². The van der Waals surface area contributed by atoms with E-state index in [-0.39, 0.29) is 18.8 Å². The van der Waals surface area contributed by atoms with Crippen molar-refractivity contribution in [2.45, 2.75) is 18.9 Å². The van der Waals surface area contributed by atoms with E-state index in [0.29, 0.717) is 11.1 Å². The normalized spacial score (nSPS) is 22.6. The maximum atomic E-state index is 11.8. The number of rotatable bonds is 2. The predicted molar refractivity (Wildman–Crippen MR) is 62.2 cm³/mol. The van der Waals surface area contributed by atoms with E-state index in [9.17, 15) is 15.0 Å². The molecule has 2 rings (SSSR count). The van der Waals surface area contributed by atoms with Crippen molar-refractivity contribution in [1.29, 1.82) is 0 Å². The minimum Gasteiger partial charge on any atom is -0.512 e. The molecule has 1 atom stereocenters. The second-order valence-electron chi connectivity index (χ2n) is 3.98. The van der Waals surface area contributed by atoms with Gasteiger partial charge in [-0.3, -0.25) is 0 Å². The summed E-state index contributed by atoms with van der Waals surface area (Å²) in [5.74, 6) is -0.758. The first-order valence-corrected chi connectivity index (χ1v) is 5.46. The average molecular weight is 234 g/mol. The molecule has 0 aromatic heterocycles. The first-order valence-electron chi connectivity index (χ1n) is 5.46. The fourth-order valence-corrected chi connectivity index (χ4v) is 2.02. The molecule has 90 valence electrons. The third-order valence-corrected chi connectivity index (χ3v) is 2.78. The maximum Gasteiger partial charge on any atom is 0.343 e. The predicted octanol–water partition coefficient (Wildman–Crippen LogP) is 1.74. The molecule has 0 amide bonds. The highest BCUT2D eigenvalue weighted by molar-refractivity contribution is 5.84. The molecular formula is C13H14O4. The van der Waals surface area contributed by atoms with E-state index in [1.54, 1.807) is 37.3 Å². The summed E-state index contributed by atoms with van der Waals surface area (Å²) in [5, 5.41) is 20.0. The van der Waals surface area contributed by atoms with Crippen molar-refractivity contribution in [1.82, 2.24) is 0 Å². The Bertz CT molecular complexity index is 478. The molecule has 17 heavy (non-hydrogen) atoms. The fourth-order valence-electron chi connectivity index (χ4n) is 2.02. The van der Waals surface area contributed by atoms with Crippen LogP contribution in [0.3, 0.4) is 0 Å². The summed E-state index contributed by atoms with van der Waals surface area (Å²) in [6.07, 6.45) is 1.39. The van der Waals surface area contributed by atoms with Crippen molar-refractivity contribution >= 4 is 12.0 Å². The van der Waals surface area contributed by atoms with Crippen LogP contribution in [0.1, 0.15) is 24.5 Å². The van der Waals surface area contributed by atoms with Gasteiger partial charge in [-0.05, 0) is 18.6 Å². The van der Waals surface area contributed by atoms with Gasteiger partial charge < -0.3 is 14.9 Å². The summed E-state index contributed by atoms with van der Waals surface area (Å²) < 4.78 is 4.86. The molecule has 0 saturated heterocycles. The zero-order chi connectivity index (χ0) is 12.5. The summed E-state index contributed by atoms with van der Waals surface area (Å²) in [7, 11) is 0. The van der Waals surface area contributed by atoms with E-state index in [1.165, 1.54) is 0 Å². The van der Waals surface area contributed by atoms with Gasteiger partial charge in [0, 0.05) is 12.0 Å². The molecule has 0 heterocycles. The zero-order valence-corrected chi connectivity index (χ0v) is 9.51. The molecule has 4 heteroatoms. The number of esters is 1. The van der Waals surface area contributed by atoms with Gasteiger partial charge in [0.2, 0.25) is 0 Å². The van der Waals surface area contributed by atoms with Crippen molar-refractivity contribution in [3.8, 4) is 0 Å². The Kier molecular flexibility index (Phi) is 2.90. The number of benzene rings is 1. The first-order chi connectivity index (χ1) is 8.08. The highest BCUT2D eigenvalue weighted by atomic mass is 16.5. The highest BCUT2D eigenvalue weighted by Crippen LogP contribution is 2.37. The lowest BCUT2D eigenvalue weighted by Crippen LogP contribution is -2.39. The van der Waals surface area contributed by atoms with Gasteiger partial charge in [-0.2, -0.15) is 0 Å². The van der Waals surface area contributed by atoms with Gasteiger partial charge in [0.05, 0.1) is 12.4 Å². The van der Waals surface area contributed by atoms with E-state index in [4.69, 9.17) is 4.74 Å². The molecule has 0 fully saturated rings. The van der Waals surface area contributed by atoms with E-state index < -0.39 is 11.6 Å². The Morgan fingerprint density at radius 1 is 1.47 bits per heavy atom. The largest absolute Gasteiger partial charge is 0.512 e. The standard InChI is InChI=1S/C13H14O4/c1-2-17-12(15)13(16)8-10(14)7-9-5-3-4-6-11(9)13/h3-7,14,16H,2,8H2,1H3. The van der Waals surface area contributed by atoms with Crippen LogP contribution in [0, 0.1) is 0 Å². The molecule has 1 unspecified atom stereocenters. The molecule has 4 nitrogen and oxygen atoms in total. The van der Waals surface area contributed by atoms with Crippen LogP contribution in [0.15, 0.2) is 30.0 Å².